The lowest BCUT2D eigenvalue weighted by atomic mass is 9.96. The van der Waals surface area contributed by atoms with Crippen LogP contribution in [0, 0.1) is 11.7 Å². The molecule has 0 bridgehead atoms. The average Bonchev–Trinajstić information content (AvgIpc) is 3.47. The molecule has 0 atom stereocenters. The van der Waals surface area contributed by atoms with Crippen LogP contribution in [-0.2, 0) is 6.54 Å². The van der Waals surface area contributed by atoms with Crippen LogP contribution < -0.4 is 5.56 Å². The Morgan fingerprint density at radius 1 is 1.17 bits per heavy atom. The minimum Gasteiger partial charge on any atom is -0.360 e. The first-order valence-electron chi connectivity index (χ1n) is 9.99. The molecule has 150 valence electrons. The van der Waals surface area contributed by atoms with Crippen molar-refractivity contribution < 1.29 is 13.7 Å². The van der Waals surface area contributed by atoms with Gasteiger partial charge in [0.15, 0.2) is 5.69 Å². The number of benzene rings is 1. The van der Waals surface area contributed by atoms with Crippen LogP contribution >= 0.6 is 0 Å². The zero-order valence-electron chi connectivity index (χ0n) is 15.9. The molecule has 1 aliphatic carbocycles. The van der Waals surface area contributed by atoms with Gasteiger partial charge in [-0.15, -0.1) is 0 Å². The molecule has 0 radical (unpaired) electrons. The van der Waals surface area contributed by atoms with Gasteiger partial charge >= 0.3 is 0 Å². The number of aromatic nitrogens is 3. The van der Waals surface area contributed by atoms with E-state index in [1.165, 1.54) is 24.5 Å². The van der Waals surface area contributed by atoms with E-state index in [4.69, 9.17) is 4.52 Å². The maximum absolute atomic E-state index is 13.3. The maximum Gasteiger partial charge on any atom is 0.276 e. The average molecular weight is 396 g/mol. The first-order chi connectivity index (χ1) is 14.1. The SMILES string of the molecule is O=C(c1cc(C2CC2)on1)N1CCC(Cn2cnc3cc(F)ccc3c2=O)CC1. The van der Waals surface area contributed by atoms with Gasteiger partial charge in [-0.25, -0.2) is 9.37 Å². The van der Waals surface area contributed by atoms with Crippen molar-refractivity contribution in [3.05, 3.63) is 58.2 Å². The molecule has 1 aliphatic heterocycles. The Balaban J connectivity index is 1.23. The zero-order valence-corrected chi connectivity index (χ0v) is 15.9. The molecular formula is C21H21FN4O3. The first kappa shape index (κ1) is 18.0. The van der Waals surface area contributed by atoms with E-state index in [9.17, 15) is 14.0 Å². The van der Waals surface area contributed by atoms with Gasteiger partial charge in [-0.1, -0.05) is 5.16 Å². The molecule has 1 amide bonds. The molecule has 3 aromatic rings. The number of hydrogen-bond acceptors (Lipinski definition) is 5. The van der Waals surface area contributed by atoms with E-state index in [0.717, 1.165) is 31.4 Å². The number of amides is 1. The predicted octanol–water partition coefficient (Wildman–Crippen LogP) is 2.95. The van der Waals surface area contributed by atoms with Crippen molar-refractivity contribution >= 4 is 16.8 Å². The lowest BCUT2D eigenvalue weighted by Gasteiger charge is -2.31. The number of carbonyl (C=O) groups excluding carboxylic acids is 1. The van der Waals surface area contributed by atoms with Gasteiger partial charge in [-0.3, -0.25) is 14.2 Å². The molecule has 29 heavy (non-hydrogen) atoms. The quantitative estimate of drug-likeness (QED) is 0.677. The number of piperidine rings is 1. The standard InChI is InChI=1S/C21H21FN4O3/c22-15-3-4-16-17(9-15)23-12-26(20(16)27)11-13-5-7-25(8-6-13)21(28)18-10-19(29-24-18)14-1-2-14/h3-4,9-10,12-14H,1-2,5-8,11H2. The van der Waals surface area contributed by atoms with Crippen molar-refractivity contribution in [3.63, 3.8) is 0 Å². The summed E-state index contributed by atoms with van der Waals surface area (Å²) >= 11 is 0. The van der Waals surface area contributed by atoms with Gasteiger partial charge in [0.25, 0.3) is 11.5 Å². The Kier molecular flexibility index (Phi) is 4.41. The minimum atomic E-state index is -0.407. The van der Waals surface area contributed by atoms with Crippen molar-refractivity contribution in [1.82, 2.24) is 19.6 Å². The van der Waals surface area contributed by atoms with Crippen LogP contribution in [-0.4, -0.2) is 38.6 Å². The molecule has 1 saturated carbocycles. The summed E-state index contributed by atoms with van der Waals surface area (Å²) < 4.78 is 20.2. The van der Waals surface area contributed by atoms with Crippen LogP contribution in [0.5, 0.6) is 0 Å². The third kappa shape index (κ3) is 3.54. The Bertz CT molecular complexity index is 1130. The molecule has 0 spiro atoms. The highest BCUT2D eigenvalue weighted by Gasteiger charge is 2.31. The summed E-state index contributed by atoms with van der Waals surface area (Å²) in [4.78, 5) is 31.3. The van der Waals surface area contributed by atoms with Crippen molar-refractivity contribution in [3.8, 4) is 0 Å². The third-order valence-corrected chi connectivity index (χ3v) is 5.87. The van der Waals surface area contributed by atoms with Gasteiger partial charge < -0.3 is 9.42 Å². The van der Waals surface area contributed by atoms with Crippen LogP contribution in [0.2, 0.25) is 0 Å². The summed E-state index contributed by atoms with van der Waals surface area (Å²) in [5, 5.41) is 4.36. The van der Waals surface area contributed by atoms with E-state index in [1.807, 2.05) is 0 Å². The largest absolute Gasteiger partial charge is 0.360 e. The van der Waals surface area contributed by atoms with Gasteiger partial charge in [-0.05, 0) is 43.7 Å². The van der Waals surface area contributed by atoms with Gasteiger partial charge in [0.05, 0.1) is 17.2 Å². The summed E-state index contributed by atoms with van der Waals surface area (Å²) in [7, 11) is 0. The molecule has 0 N–H and O–H groups in total. The van der Waals surface area contributed by atoms with Crippen LogP contribution in [0.3, 0.4) is 0 Å². The summed E-state index contributed by atoms with van der Waals surface area (Å²) in [6.07, 6.45) is 5.29. The number of fused-ring (bicyclic) bond motifs is 1. The number of hydrogen-bond donors (Lipinski definition) is 0. The number of carbonyl (C=O) groups is 1. The van der Waals surface area contributed by atoms with E-state index in [1.54, 1.807) is 15.5 Å². The summed E-state index contributed by atoms with van der Waals surface area (Å²) in [5.41, 5.74) is 0.584. The highest BCUT2D eigenvalue weighted by atomic mass is 19.1. The van der Waals surface area contributed by atoms with Crippen LogP contribution in [0.1, 0.15) is 47.8 Å². The second-order valence-electron chi connectivity index (χ2n) is 7.99. The molecule has 0 unspecified atom stereocenters. The molecular weight excluding hydrogens is 375 g/mol. The van der Waals surface area contributed by atoms with Crippen molar-refractivity contribution in [1.29, 1.82) is 0 Å². The molecule has 1 aromatic carbocycles. The van der Waals surface area contributed by atoms with Gasteiger partial charge in [-0.2, -0.15) is 0 Å². The Morgan fingerprint density at radius 2 is 1.97 bits per heavy atom. The van der Waals surface area contributed by atoms with Gasteiger partial charge in [0, 0.05) is 37.7 Å². The van der Waals surface area contributed by atoms with Crippen LogP contribution in [0.4, 0.5) is 4.39 Å². The van der Waals surface area contributed by atoms with E-state index in [2.05, 4.69) is 10.1 Å². The summed E-state index contributed by atoms with van der Waals surface area (Å²) in [6, 6.07) is 5.79. The second-order valence-corrected chi connectivity index (χ2v) is 7.99. The fourth-order valence-corrected chi connectivity index (χ4v) is 3.97. The molecule has 2 aromatic heterocycles. The lowest BCUT2D eigenvalue weighted by molar-refractivity contribution is 0.0672. The van der Waals surface area contributed by atoms with E-state index < -0.39 is 5.82 Å². The molecule has 3 heterocycles. The van der Waals surface area contributed by atoms with Crippen LogP contribution in [0.25, 0.3) is 10.9 Å². The third-order valence-electron chi connectivity index (χ3n) is 5.87. The van der Waals surface area contributed by atoms with Crippen LogP contribution in [0.15, 0.2) is 39.9 Å². The first-order valence-corrected chi connectivity index (χ1v) is 9.99. The van der Waals surface area contributed by atoms with Crippen molar-refractivity contribution in [2.75, 3.05) is 13.1 Å². The Hall–Kier alpha value is -3.03. The molecule has 1 saturated heterocycles. The Morgan fingerprint density at radius 3 is 2.72 bits per heavy atom. The molecule has 8 heteroatoms. The fraction of sp³-hybridized carbons (Fsp3) is 0.429. The smallest absolute Gasteiger partial charge is 0.276 e. The molecule has 2 aliphatic rings. The number of nitrogens with zero attached hydrogens (tertiary/aromatic N) is 4. The van der Waals surface area contributed by atoms with E-state index in [0.29, 0.717) is 42.1 Å². The maximum atomic E-state index is 13.3. The van der Waals surface area contributed by atoms with E-state index >= 15 is 0 Å². The summed E-state index contributed by atoms with van der Waals surface area (Å²) in [5.74, 6) is 1.02. The van der Waals surface area contributed by atoms with Gasteiger partial charge in [0.1, 0.15) is 11.6 Å². The monoisotopic (exact) mass is 396 g/mol. The number of likely N-dealkylation sites (tertiary alicyclic amines) is 1. The molecule has 7 nitrogen and oxygen atoms in total. The van der Waals surface area contributed by atoms with Crippen molar-refractivity contribution in [2.24, 2.45) is 5.92 Å². The number of rotatable bonds is 4. The topological polar surface area (TPSA) is 81.2 Å². The normalized spacial score (nSPS) is 17.8. The van der Waals surface area contributed by atoms with E-state index in [-0.39, 0.29) is 17.4 Å². The fourth-order valence-electron chi connectivity index (χ4n) is 3.97. The summed E-state index contributed by atoms with van der Waals surface area (Å²) in [6.45, 7) is 1.78. The van der Waals surface area contributed by atoms with Gasteiger partial charge in [0.2, 0.25) is 0 Å². The number of halogens is 1. The molecule has 2 fully saturated rings. The molecule has 5 rings (SSSR count). The minimum absolute atomic E-state index is 0.0920. The zero-order chi connectivity index (χ0) is 20.0. The Labute approximate surface area is 166 Å². The second kappa shape index (κ2) is 7.09. The highest BCUT2D eigenvalue weighted by Crippen LogP contribution is 2.40. The lowest BCUT2D eigenvalue weighted by Crippen LogP contribution is -2.40. The van der Waals surface area contributed by atoms with Crippen molar-refractivity contribution in [2.45, 2.75) is 38.1 Å². The predicted molar refractivity (Wildman–Crippen MR) is 103 cm³/mol. The highest BCUT2D eigenvalue weighted by molar-refractivity contribution is 5.92.